The number of fused-ring (bicyclic) bond motifs is 1. The molecule has 13 heteroatoms. The Kier molecular flexibility index (Phi) is 6.03. The maximum Gasteiger partial charge on any atom is 0.325 e. The first-order valence-corrected chi connectivity index (χ1v) is 13.4. The molecule has 1 aliphatic rings. The topological polar surface area (TPSA) is 69.0 Å². The van der Waals surface area contributed by atoms with Crippen molar-refractivity contribution in [2.45, 2.75) is 48.9 Å². The first-order valence-electron chi connectivity index (χ1n) is 10.9. The number of pyridine rings is 1. The summed E-state index contributed by atoms with van der Waals surface area (Å²) >= 11 is 4.55. The van der Waals surface area contributed by atoms with Crippen LogP contribution in [0.1, 0.15) is 49.1 Å². The number of aromatic nitrogens is 3. The molecular weight excluding hydrogens is 511 g/mol. The second-order valence-electron chi connectivity index (χ2n) is 8.81. The Morgan fingerprint density at radius 2 is 1.86 bits per heavy atom. The lowest BCUT2D eigenvalue weighted by Crippen LogP contribution is -2.22. The number of amides is 1. The summed E-state index contributed by atoms with van der Waals surface area (Å²) in [6, 6.07) is 5.17. The molecule has 6 nitrogen and oxygen atoms in total. The minimum Gasteiger partial charge on any atom is -0.494 e. The Morgan fingerprint density at radius 3 is 2.46 bits per heavy atom. The molecule has 0 spiro atoms. The van der Waals surface area contributed by atoms with Crippen molar-refractivity contribution in [3.8, 4) is 5.75 Å². The van der Waals surface area contributed by atoms with Gasteiger partial charge in [0.2, 0.25) is 0 Å². The van der Waals surface area contributed by atoms with Crippen molar-refractivity contribution in [3.63, 3.8) is 0 Å². The van der Waals surface area contributed by atoms with Crippen LogP contribution in [0.15, 0.2) is 41.6 Å². The summed E-state index contributed by atoms with van der Waals surface area (Å²) in [5.41, 5.74) is -0.0361. The second kappa shape index (κ2) is 8.26. The van der Waals surface area contributed by atoms with Gasteiger partial charge in [0.1, 0.15) is 11.4 Å². The van der Waals surface area contributed by atoms with E-state index in [9.17, 15) is 24.2 Å². The highest BCUT2D eigenvalue weighted by atomic mass is 32.5. The number of ether oxygens (including phenoxy) is 1. The molecule has 0 bridgehead atoms. The van der Waals surface area contributed by atoms with Crippen LogP contribution in [0.4, 0.5) is 25.1 Å². The number of halogens is 5. The molecule has 1 fully saturated rings. The molecule has 0 saturated heterocycles. The molecule has 2 heterocycles. The maximum absolute atomic E-state index is 13.1. The minimum absolute atomic E-state index is 0.143. The van der Waals surface area contributed by atoms with Gasteiger partial charge in [-0.2, -0.15) is 17.7 Å². The van der Waals surface area contributed by atoms with E-state index in [0.29, 0.717) is 28.1 Å². The molecule has 0 radical (unpaired) electrons. The van der Waals surface area contributed by atoms with Crippen LogP contribution in [0, 0.1) is 5.92 Å². The van der Waals surface area contributed by atoms with Gasteiger partial charge in [0.05, 0.1) is 24.4 Å². The lowest BCUT2D eigenvalue weighted by molar-refractivity contribution is 0.102. The minimum atomic E-state index is -10.0. The zero-order valence-corrected chi connectivity index (χ0v) is 20.6. The van der Waals surface area contributed by atoms with Crippen molar-refractivity contribution < 1.29 is 29.0 Å². The predicted octanol–water partition coefficient (Wildman–Crippen LogP) is 7.40. The number of anilines is 1. The van der Waals surface area contributed by atoms with E-state index in [2.05, 4.69) is 35.0 Å². The van der Waals surface area contributed by atoms with Crippen LogP contribution in [-0.2, 0) is 0 Å². The molecule has 0 aliphatic heterocycles. The van der Waals surface area contributed by atoms with E-state index in [1.54, 1.807) is 12.1 Å². The molecule has 1 amide bonds. The number of carbonyl (C=O) groups excluding carboxylic acids is 1. The van der Waals surface area contributed by atoms with Gasteiger partial charge in [-0.25, -0.2) is 4.98 Å². The van der Waals surface area contributed by atoms with E-state index in [-0.39, 0.29) is 23.5 Å². The summed E-state index contributed by atoms with van der Waals surface area (Å²) in [7, 11) is -8.67. The molecule has 192 valence electrons. The number of thiol groups is 1. The van der Waals surface area contributed by atoms with E-state index in [4.69, 9.17) is 4.74 Å². The van der Waals surface area contributed by atoms with Crippen molar-refractivity contribution in [2.75, 3.05) is 12.4 Å². The van der Waals surface area contributed by atoms with E-state index >= 15 is 0 Å². The number of hydrogen-bond donors (Lipinski definition) is 2. The third kappa shape index (κ3) is 5.66. The van der Waals surface area contributed by atoms with Crippen LogP contribution in [0.25, 0.3) is 10.9 Å². The number of nitrogens with zero attached hydrogens (tertiary/aromatic N) is 3. The number of benzene rings is 1. The molecule has 1 N–H and O–H groups in total. The summed E-state index contributed by atoms with van der Waals surface area (Å²) in [6.07, 6.45) is 5.84. The van der Waals surface area contributed by atoms with Gasteiger partial charge in [-0.1, -0.05) is 32.4 Å². The van der Waals surface area contributed by atoms with Gasteiger partial charge < -0.3 is 10.1 Å². The SMILES string of the molecule is COc1cc2nn(C3CCC(C(C)S)CC3)cc2cc1NC(=O)c1cccc(S(F)(F)(F)(F)F)n1. The van der Waals surface area contributed by atoms with Gasteiger partial charge in [-0.15, -0.1) is 0 Å². The highest BCUT2D eigenvalue weighted by Gasteiger charge is 2.67. The normalized spacial score (nSPS) is 21.7. The average molecular weight is 537 g/mol. The lowest BCUT2D eigenvalue weighted by atomic mass is 9.84. The predicted molar refractivity (Wildman–Crippen MR) is 129 cm³/mol. The Balaban J connectivity index is 1.59. The summed E-state index contributed by atoms with van der Waals surface area (Å²) in [6.45, 7) is 2.10. The Labute approximate surface area is 204 Å². The Hall–Kier alpha value is -2.54. The van der Waals surface area contributed by atoms with Crippen molar-refractivity contribution in [1.29, 1.82) is 0 Å². The first kappa shape index (κ1) is 25.5. The number of nitrogens with one attached hydrogen (secondary N) is 1. The van der Waals surface area contributed by atoms with Crippen molar-refractivity contribution >= 4 is 45.4 Å². The van der Waals surface area contributed by atoms with E-state index in [1.165, 1.54) is 7.11 Å². The van der Waals surface area contributed by atoms with Gasteiger partial charge in [-0.3, -0.25) is 9.48 Å². The Bertz CT molecular complexity index is 1270. The molecule has 4 rings (SSSR count). The van der Waals surface area contributed by atoms with E-state index in [0.717, 1.165) is 31.7 Å². The number of methoxy groups -OCH3 is 1. The fourth-order valence-corrected chi connectivity index (χ4v) is 5.22. The van der Waals surface area contributed by atoms with Crippen LogP contribution in [0.3, 0.4) is 0 Å². The van der Waals surface area contributed by atoms with Gasteiger partial charge >= 0.3 is 10.2 Å². The highest BCUT2D eigenvalue weighted by molar-refractivity contribution is 8.45. The average Bonchev–Trinajstić information content (AvgIpc) is 3.20. The first-order chi connectivity index (χ1) is 16.1. The van der Waals surface area contributed by atoms with Crippen LogP contribution >= 0.6 is 22.9 Å². The molecular formula is C22H25F5N4O2S2. The molecule has 1 aromatic carbocycles. The zero-order valence-electron chi connectivity index (χ0n) is 18.9. The van der Waals surface area contributed by atoms with E-state index in [1.807, 2.05) is 10.9 Å². The third-order valence-electron chi connectivity index (χ3n) is 6.24. The standard InChI is InChI=1S/C22H25F5N4O2S2/c1-13(34)14-6-8-16(9-7-14)31-12-15-10-19(20(33-2)11-18(15)30-31)29-22(32)17-4-3-5-21(28-17)35(23,24,25,26)27/h3-5,10-14,16,34H,6-9H2,1-2H3,(H,29,32). The maximum atomic E-state index is 13.1. The van der Waals surface area contributed by atoms with Crippen molar-refractivity contribution in [2.24, 2.45) is 5.92 Å². The molecule has 1 atom stereocenters. The van der Waals surface area contributed by atoms with Crippen LogP contribution in [-0.4, -0.2) is 33.0 Å². The van der Waals surface area contributed by atoms with Gasteiger partial charge in [0.25, 0.3) is 5.91 Å². The highest BCUT2D eigenvalue weighted by Crippen LogP contribution is 3.01. The largest absolute Gasteiger partial charge is 0.494 e. The number of hydrogen-bond acceptors (Lipinski definition) is 5. The monoisotopic (exact) mass is 536 g/mol. The fourth-order valence-electron chi connectivity index (χ4n) is 4.32. The summed E-state index contributed by atoms with van der Waals surface area (Å²) in [4.78, 5) is 15.5. The molecule has 1 aliphatic carbocycles. The lowest BCUT2D eigenvalue weighted by Gasteiger charge is -2.39. The van der Waals surface area contributed by atoms with Gasteiger partial charge in [0.15, 0.2) is 5.03 Å². The quantitative estimate of drug-likeness (QED) is 0.254. The van der Waals surface area contributed by atoms with Crippen molar-refractivity contribution in [1.82, 2.24) is 14.8 Å². The molecule has 1 unspecified atom stereocenters. The molecule has 1 saturated carbocycles. The number of rotatable bonds is 6. The molecule has 2 aromatic heterocycles. The van der Waals surface area contributed by atoms with Crippen LogP contribution < -0.4 is 10.1 Å². The van der Waals surface area contributed by atoms with Crippen LogP contribution in [0.2, 0.25) is 0 Å². The van der Waals surface area contributed by atoms with Gasteiger partial charge in [0, 0.05) is 22.9 Å². The summed E-state index contributed by atoms with van der Waals surface area (Å²) < 4.78 is 72.7. The van der Waals surface area contributed by atoms with Gasteiger partial charge in [-0.05, 0) is 49.8 Å². The van der Waals surface area contributed by atoms with Crippen LogP contribution in [0.5, 0.6) is 5.75 Å². The third-order valence-corrected chi connectivity index (χ3v) is 7.68. The fraction of sp³-hybridized carbons (Fsp3) is 0.409. The summed E-state index contributed by atoms with van der Waals surface area (Å²) in [5, 5.41) is 5.69. The van der Waals surface area contributed by atoms with Crippen molar-refractivity contribution in [3.05, 3.63) is 42.2 Å². The number of carbonyl (C=O) groups is 1. The summed E-state index contributed by atoms with van der Waals surface area (Å²) in [5.74, 6) is -0.307. The zero-order chi connectivity index (χ0) is 25.7. The van der Waals surface area contributed by atoms with E-state index < -0.39 is 26.9 Å². The second-order valence-corrected chi connectivity index (χ2v) is 12.0. The smallest absolute Gasteiger partial charge is 0.325 e. The Morgan fingerprint density at radius 1 is 1.17 bits per heavy atom. The molecule has 3 aromatic rings. The molecule has 35 heavy (non-hydrogen) atoms.